The van der Waals surface area contributed by atoms with Crippen molar-refractivity contribution in [3.05, 3.63) is 51.7 Å². The van der Waals surface area contributed by atoms with Gasteiger partial charge in [-0.15, -0.1) is 11.3 Å². The van der Waals surface area contributed by atoms with Gasteiger partial charge in [-0.3, -0.25) is 4.79 Å². The minimum absolute atomic E-state index is 0.181. The van der Waals surface area contributed by atoms with Crippen molar-refractivity contribution in [2.75, 3.05) is 18.5 Å². The van der Waals surface area contributed by atoms with E-state index in [1.807, 2.05) is 31.0 Å². The average molecular weight is 273 g/mol. The third-order valence-corrected chi connectivity index (χ3v) is 4.22. The van der Waals surface area contributed by atoms with Gasteiger partial charge in [0, 0.05) is 17.6 Å². The molecule has 0 aliphatic heterocycles. The number of hydrogen-bond donors (Lipinski definition) is 0. The summed E-state index contributed by atoms with van der Waals surface area (Å²) >= 11 is 1.56. The molecule has 0 radical (unpaired) electrons. The Morgan fingerprint density at radius 1 is 1.16 bits per heavy atom. The molecule has 0 saturated carbocycles. The average Bonchev–Trinajstić information content (AvgIpc) is 2.85. The van der Waals surface area contributed by atoms with Gasteiger partial charge in [0.2, 0.25) is 0 Å². The van der Waals surface area contributed by atoms with E-state index in [0.717, 1.165) is 17.0 Å². The van der Waals surface area contributed by atoms with E-state index in [0.29, 0.717) is 6.54 Å². The zero-order valence-electron chi connectivity index (χ0n) is 11.6. The molecule has 3 heteroatoms. The molecule has 100 valence electrons. The summed E-state index contributed by atoms with van der Waals surface area (Å²) in [4.78, 5) is 16.2. The van der Waals surface area contributed by atoms with E-state index in [4.69, 9.17) is 0 Å². The molecule has 0 unspecified atom stereocenters. The number of nitrogens with zero attached hydrogens (tertiary/aromatic N) is 1. The molecule has 2 rings (SSSR count). The first kappa shape index (κ1) is 13.8. The molecule has 0 N–H and O–H groups in total. The summed E-state index contributed by atoms with van der Waals surface area (Å²) in [6, 6.07) is 12.3. The Hall–Kier alpha value is -1.61. The van der Waals surface area contributed by atoms with Crippen LogP contribution in [-0.2, 0) is 6.42 Å². The predicted octanol–water partition coefficient (Wildman–Crippen LogP) is 3.94. The van der Waals surface area contributed by atoms with Gasteiger partial charge in [-0.05, 0) is 43.2 Å². The van der Waals surface area contributed by atoms with Crippen LogP contribution in [0.1, 0.15) is 27.0 Å². The molecular formula is C16H19NOS. The highest BCUT2D eigenvalue weighted by Gasteiger charge is 2.11. The molecule has 1 aromatic carbocycles. The number of hydrogen-bond acceptors (Lipinski definition) is 3. The molecule has 0 atom stereocenters. The molecule has 0 aliphatic carbocycles. The second-order valence-corrected chi connectivity index (χ2v) is 6.00. The standard InChI is InChI=1S/C16H19NOS/c1-4-13-6-8-14(9-7-13)17(3)11-15(18)16-10-5-12(2)19-16/h5-10H,4,11H2,1-3H3. The first-order valence-electron chi connectivity index (χ1n) is 6.50. The normalized spacial score (nSPS) is 10.5. The van der Waals surface area contributed by atoms with Crippen LogP contribution in [0.25, 0.3) is 0 Å². The van der Waals surface area contributed by atoms with Crippen molar-refractivity contribution in [1.82, 2.24) is 0 Å². The third kappa shape index (κ3) is 3.44. The second kappa shape index (κ2) is 6.02. The van der Waals surface area contributed by atoms with Gasteiger partial charge in [0.15, 0.2) is 5.78 Å². The van der Waals surface area contributed by atoms with Gasteiger partial charge < -0.3 is 4.90 Å². The number of rotatable bonds is 5. The Morgan fingerprint density at radius 2 is 1.84 bits per heavy atom. The summed E-state index contributed by atoms with van der Waals surface area (Å²) in [6.07, 6.45) is 1.04. The van der Waals surface area contributed by atoms with Gasteiger partial charge in [-0.25, -0.2) is 0 Å². The highest BCUT2D eigenvalue weighted by atomic mass is 32.1. The van der Waals surface area contributed by atoms with Crippen LogP contribution in [0, 0.1) is 6.92 Å². The fourth-order valence-corrected chi connectivity index (χ4v) is 2.75. The number of anilines is 1. The quantitative estimate of drug-likeness (QED) is 0.769. The van der Waals surface area contributed by atoms with E-state index < -0.39 is 0 Å². The van der Waals surface area contributed by atoms with E-state index in [1.165, 1.54) is 10.4 Å². The maximum Gasteiger partial charge on any atom is 0.191 e. The number of aryl methyl sites for hydroxylation is 2. The zero-order valence-corrected chi connectivity index (χ0v) is 12.5. The molecule has 0 aliphatic rings. The lowest BCUT2D eigenvalue weighted by Gasteiger charge is -2.18. The highest BCUT2D eigenvalue weighted by molar-refractivity contribution is 7.14. The summed E-state index contributed by atoms with van der Waals surface area (Å²) in [5, 5.41) is 0. The van der Waals surface area contributed by atoms with Crippen molar-refractivity contribution in [2.24, 2.45) is 0 Å². The summed E-state index contributed by atoms with van der Waals surface area (Å²) in [6.45, 7) is 4.58. The maximum absolute atomic E-state index is 12.1. The van der Waals surface area contributed by atoms with Crippen LogP contribution in [-0.4, -0.2) is 19.4 Å². The van der Waals surface area contributed by atoms with Crippen molar-refractivity contribution < 1.29 is 4.79 Å². The smallest absolute Gasteiger partial charge is 0.191 e. The number of likely N-dealkylation sites (N-methyl/N-ethyl adjacent to an activating group) is 1. The van der Waals surface area contributed by atoms with Gasteiger partial charge in [0.1, 0.15) is 0 Å². The van der Waals surface area contributed by atoms with Gasteiger partial charge >= 0.3 is 0 Å². The highest BCUT2D eigenvalue weighted by Crippen LogP contribution is 2.18. The lowest BCUT2D eigenvalue weighted by molar-refractivity contribution is 0.100. The van der Waals surface area contributed by atoms with E-state index in [9.17, 15) is 4.79 Å². The molecule has 0 spiro atoms. The maximum atomic E-state index is 12.1. The number of Topliss-reactive ketones (excluding diaryl/α,β-unsaturated/α-hetero) is 1. The molecule has 2 aromatic rings. The van der Waals surface area contributed by atoms with Crippen molar-refractivity contribution in [3.63, 3.8) is 0 Å². The molecule has 2 nitrogen and oxygen atoms in total. The van der Waals surface area contributed by atoms with Crippen molar-refractivity contribution in [1.29, 1.82) is 0 Å². The number of carbonyl (C=O) groups is 1. The molecule has 1 aromatic heterocycles. The lowest BCUT2D eigenvalue weighted by Crippen LogP contribution is -2.25. The number of benzene rings is 1. The van der Waals surface area contributed by atoms with E-state index in [2.05, 4.69) is 31.2 Å². The molecule has 19 heavy (non-hydrogen) atoms. The molecule has 0 bridgehead atoms. The Bertz CT molecular complexity index is 556. The van der Waals surface area contributed by atoms with E-state index in [-0.39, 0.29) is 5.78 Å². The van der Waals surface area contributed by atoms with E-state index >= 15 is 0 Å². The van der Waals surface area contributed by atoms with Gasteiger partial charge in [-0.2, -0.15) is 0 Å². The molecule has 0 saturated heterocycles. The third-order valence-electron chi connectivity index (χ3n) is 3.18. The molecule has 0 amide bonds. The molecular weight excluding hydrogens is 254 g/mol. The van der Waals surface area contributed by atoms with Crippen LogP contribution < -0.4 is 4.90 Å². The monoisotopic (exact) mass is 273 g/mol. The minimum atomic E-state index is 0.181. The Morgan fingerprint density at radius 3 is 2.37 bits per heavy atom. The van der Waals surface area contributed by atoms with Crippen LogP contribution in [0.15, 0.2) is 36.4 Å². The SMILES string of the molecule is CCc1ccc(N(C)CC(=O)c2ccc(C)s2)cc1. The minimum Gasteiger partial charge on any atom is -0.367 e. The van der Waals surface area contributed by atoms with Crippen LogP contribution in [0.4, 0.5) is 5.69 Å². The number of thiophene rings is 1. The molecule has 0 fully saturated rings. The predicted molar refractivity (Wildman–Crippen MR) is 82.5 cm³/mol. The van der Waals surface area contributed by atoms with Crippen molar-refractivity contribution in [3.8, 4) is 0 Å². The lowest BCUT2D eigenvalue weighted by atomic mass is 10.1. The Labute approximate surface area is 118 Å². The van der Waals surface area contributed by atoms with Crippen molar-refractivity contribution >= 4 is 22.8 Å². The number of carbonyl (C=O) groups excluding carboxylic acids is 1. The van der Waals surface area contributed by atoms with Gasteiger partial charge in [0.25, 0.3) is 0 Å². The van der Waals surface area contributed by atoms with Crippen LogP contribution >= 0.6 is 11.3 Å². The van der Waals surface area contributed by atoms with Crippen LogP contribution in [0.5, 0.6) is 0 Å². The first-order valence-corrected chi connectivity index (χ1v) is 7.31. The molecule has 1 heterocycles. The summed E-state index contributed by atoms with van der Waals surface area (Å²) < 4.78 is 0. The topological polar surface area (TPSA) is 20.3 Å². The first-order chi connectivity index (χ1) is 9.10. The fourth-order valence-electron chi connectivity index (χ4n) is 1.96. The van der Waals surface area contributed by atoms with Gasteiger partial charge in [-0.1, -0.05) is 19.1 Å². The number of ketones is 1. The van der Waals surface area contributed by atoms with Crippen molar-refractivity contribution in [2.45, 2.75) is 20.3 Å². The largest absolute Gasteiger partial charge is 0.367 e. The summed E-state index contributed by atoms with van der Waals surface area (Å²) in [5.74, 6) is 0.181. The zero-order chi connectivity index (χ0) is 13.8. The fraction of sp³-hybridized carbons (Fsp3) is 0.312. The van der Waals surface area contributed by atoms with Crippen LogP contribution in [0.3, 0.4) is 0 Å². The Balaban J connectivity index is 2.03. The Kier molecular flexibility index (Phi) is 4.38. The second-order valence-electron chi connectivity index (χ2n) is 4.71. The summed E-state index contributed by atoms with van der Waals surface area (Å²) in [5.41, 5.74) is 2.40. The van der Waals surface area contributed by atoms with E-state index in [1.54, 1.807) is 11.3 Å². The van der Waals surface area contributed by atoms with Gasteiger partial charge in [0.05, 0.1) is 11.4 Å². The van der Waals surface area contributed by atoms with Crippen LogP contribution in [0.2, 0.25) is 0 Å². The summed E-state index contributed by atoms with van der Waals surface area (Å²) in [7, 11) is 1.96.